The Labute approximate surface area is 131 Å². The summed E-state index contributed by atoms with van der Waals surface area (Å²) in [4.78, 5) is 0. The molecular weight excluding hydrogens is 358 g/mol. The van der Waals surface area contributed by atoms with Crippen molar-refractivity contribution in [3.05, 3.63) is 40.0 Å². The lowest BCUT2D eigenvalue weighted by Gasteiger charge is -2.17. The van der Waals surface area contributed by atoms with Gasteiger partial charge < -0.3 is 0 Å². The molecule has 1 aromatic carbocycles. The molecule has 1 aromatic heterocycles. The van der Waals surface area contributed by atoms with E-state index in [1.165, 1.54) is 23.1 Å². The summed E-state index contributed by atoms with van der Waals surface area (Å²) in [7, 11) is -0.758. The molecule has 7 nitrogen and oxygen atoms in total. The van der Waals surface area contributed by atoms with Gasteiger partial charge in [-0.15, -0.1) is 5.10 Å². The molecule has 0 aliphatic heterocycles. The predicted octanol–water partition coefficient (Wildman–Crippen LogP) is 1.27. The van der Waals surface area contributed by atoms with Gasteiger partial charge in [0.15, 0.2) is 4.60 Å². The van der Waals surface area contributed by atoms with Crippen LogP contribution >= 0.6 is 15.9 Å². The molecular formula is C12H12BrN5O2S. The van der Waals surface area contributed by atoms with E-state index in [4.69, 9.17) is 5.26 Å². The first-order valence-corrected chi connectivity index (χ1v) is 8.10. The predicted molar refractivity (Wildman–Crippen MR) is 78.5 cm³/mol. The van der Waals surface area contributed by atoms with Crippen molar-refractivity contribution < 1.29 is 8.42 Å². The van der Waals surface area contributed by atoms with E-state index in [0.29, 0.717) is 5.56 Å². The number of hydrogen-bond acceptors (Lipinski definition) is 5. The van der Waals surface area contributed by atoms with Crippen LogP contribution in [0, 0.1) is 11.3 Å². The Balaban J connectivity index is 2.31. The first kappa shape index (κ1) is 15.6. The van der Waals surface area contributed by atoms with Crippen molar-refractivity contribution in [3.63, 3.8) is 0 Å². The Bertz CT molecular complexity index is 790. The van der Waals surface area contributed by atoms with E-state index in [0.717, 1.165) is 5.56 Å². The lowest BCUT2D eigenvalue weighted by atomic mass is 10.1. The summed E-state index contributed by atoms with van der Waals surface area (Å²) in [5, 5.41) is 16.2. The van der Waals surface area contributed by atoms with Crippen LogP contribution in [0.1, 0.15) is 11.1 Å². The Morgan fingerprint density at radius 3 is 2.76 bits per heavy atom. The maximum Gasteiger partial charge on any atom is 0.263 e. The van der Waals surface area contributed by atoms with Gasteiger partial charge >= 0.3 is 0 Å². The minimum absolute atomic E-state index is 0.0126. The molecule has 0 unspecified atom stereocenters. The van der Waals surface area contributed by atoms with Gasteiger partial charge in [0, 0.05) is 20.6 Å². The van der Waals surface area contributed by atoms with E-state index in [2.05, 4.69) is 26.2 Å². The third-order valence-corrected chi connectivity index (χ3v) is 5.55. The van der Waals surface area contributed by atoms with Gasteiger partial charge in [-0.2, -0.15) is 9.57 Å². The second-order valence-corrected chi connectivity index (χ2v) is 7.09. The SMILES string of the molecule is CN(Cc1cccc(C#N)c1)S(=O)(=O)c1c(Br)nnn1C. The summed E-state index contributed by atoms with van der Waals surface area (Å²) in [5.74, 6) is 0. The van der Waals surface area contributed by atoms with Crippen molar-refractivity contribution in [1.29, 1.82) is 5.26 Å². The van der Waals surface area contributed by atoms with Crippen molar-refractivity contribution in [1.82, 2.24) is 19.3 Å². The number of sulfonamides is 1. The van der Waals surface area contributed by atoms with Crippen LogP contribution in [0.25, 0.3) is 0 Å². The standard InChI is InChI=1S/C12H12BrN5O2S/c1-17(8-10-5-3-4-9(6-10)7-14)21(19,20)12-11(13)15-16-18(12)2/h3-6H,8H2,1-2H3. The highest BCUT2D eigenvalue weighted by Crippen LogP contribution is 2.22. The largest absolute Gasteiger partial charge is 0.263 e. The Morgan fingerprint density at radius 1 is 1.48 bits per heavy atom. The average Bonchev–Trinajstić information content (AvgIpc) is 2.78. The Kier molecular flexibility index (Phi) is 4.41. The molecule has 9 heteroatoms. The summed E-state index contributed by atoms with van der Waals surface area (Å²) in [6.07, 6.45) is 0. The minimum atomic E-state index is -3.73. The number of nitriles is 1. The zero-order valence-electron chi connectivity index (χ0n) is 11.4. The van der Waals surface area contributed by atoms with Crippen LogP contribution in [-0.4, -0.2) is 34.8 Å². The fraction of sp³-hybridized carbons (Fsp3) is 0.250. The van der Waals surface area contributed by atoms with Crippen LogP contribution in [-0.2, 0) is 23.6 Å². The number of nitrogens with zero attached hydrogens (tertiary/aromatic N) is 5. The topological polar surface area (TPSA) is 91.9 Å². The third kappa shape index (κ3) is 3.12. The summed E-state index contributed by atoms with van der Waals surface area (Å²) in [6, 6.07) is 8.83. The van der Waals surface area contributed by atoms with Crippen molar-refractivity contribution >= 4 is 26.0 Å². The van der Waals surface area contributed by atoms with Crippen LogP contribution in [0.3, 0.4) is 0 Å². The van der Waals surface area contributed by atoms with Gasteiger partial charge in [0.2, 0.25) is 5.03 Å². The fourth-order valence-corrected chi connectivity index (χ4v) is 4.01. The number of benzene rings is 1. The van der Waals surface area contributed by atoms with E-state index in [1.54, 1.807) is 24.3 Å². The number of aromatic nitrogens is 3. The molecule has 2 aromatic rings. The van der Waals surface area contributed by atoms with Crippen LogP contribution < -0.4 is 0 Å². The summed E-state index contributed by atoms with van der Waals surface area (Å²) in [5.41, 5.74) is 1.22. The van der Waals surface area contributed by atoms with Gasteiger partial charge in [0.05, 0.1) is 11.6 Å². The Morgan fingerprint density at radius 2 is 2.19 bits per heavy atom. The highest BCUT2D eigenvalue weighted by molar-refractivity contribution is 9.10. The van der Waals surface area contributed by atoms with Gasteiger partial charge in [-0.25, -0.2) is 13.1 Å². The fourth-order valence-electron chi connectivity index (χ4n) is 1.83. The van der Waals surface area contributed by atoms with Gasteiger partial charge in [-0.05, 0) is 33.6 Å². The smallest absolute Gasteiger partial charge is 0.235 e. The molecule has 2 rings (SSSR count). The number of rotatable bonds is 4. The second-order valence-electron chi connectivity index (χ2n) is 4.38. The van der Waals surface area contributed by atoms with Crippen LogP contribution in [0.15, 0.2) is 33.9 Å². The zero-order chi connectivity index (χ0) is 15.6. The lowest BCUT2D eigenvalue weighted by Crippen LogP contribution is -2.28. The molecule has 0 saturated heterocycles. The molecule has 0 aliphatic rings. The molecule has 0 aliphatic carbocycles. The van der Waals surface area contributed by atoms with Crippen molar-refractivity contribution in [3.8, 4) is 6.07 Å². The molecule has 0 bridgehead atoms. The van der Waals surface area contributed by atoms with Crippen molar-refractivity contribution in [2.75, 3.05) is 7.05 Å². The number of hydrogen-bond donors (Lipinski definition) is 0. The van der Waals surface area contributed by atoms with Crippen LogP contribution in [0.5, 0.6) is 0 Å². The van der Waals surface area contributed by atoms with Crippen LogP contribution in [0.2, 0.25) is 0 Å². The highest BCUT2D eigenvalue weighted by atomic mass is 79.9. The summed E-state index contributed by atoms with van der Waals surface area (Å²) >= 11 is 3.09. The summed E-state index contributed by atoms with van der Waals surface area (Å²) < 4.78 is 27.6. The molecule has 110 valence electrons. The van der Waals surface area contributed by atoms with E-state index in [-0.39, 0.29) is 16.2 Å². The molecule has 0 radical (unpaired) electrons. The second kappa shape index (κ2) is 5.93. The van der Waals surface area contributed by atoms with Crippen molar-refractivity contribution in [2.45, 2.75) is 11.6 Å². The number of aryl methyl sites for hydroxylation is 1. The molecule has 0 amide bonds. The molecule has 1 heterocycles. The minimum Gasteiger partial charge on any atom is -0.235 e. The zero-order valence-corrected chi connectivity index (χ0v) is 13.8. The van der Waals surface area contributed by atoms with Gasteiger partial charge in [-0.1, -0.05) is 17.3 Å². The summed E-state index contributed by atoms with van der Waals surface area (Å²) in [6.45, 7) is 0.148. The van der Waals surface area contributed by atoms with E-state index >= 15 is 0 Å². The maximum absolute atomic E-state index is 12.5. The molecule has 0 spiro atoms. The van der Waals surface area contributed by atoms with Crippen molar-refractivity contribution in [2.24, 2.45) is 7.05 Å². The Hall–Kier alpha value is -1.76. The van der Waals surface area contributed by atoms with E-state index in [1.807, 2.05) is 6.07 Å². The van der Waals surface area contributed by atoms with Gasteiger partial charge in [-0.3, -0.25) is 0 Å². The molecule has 21 heavy (non-hydrogen) atoms. The first-order valence-electron chi connectivity index (χ1n) is 5.87. The third-order valence-electron chi connectivity index (χ3n) is 2.85. The molecule has 0 saturated carbocycles. The van der Waals surface area contributed by atoms with Gasteiger partial charge in [0.1, 0.15) is 0 Å². The maximum atomic E-state index is 12.5. The normalized spacial score (nSPS) is 11.6. The van der Waals surface area contributed by atoms with Gasteiger partial charge in [0.25, 0.3) is 10.0 Å². The highest BCUT2D eigenvalue weighted by Gasteiger charge is 2.28. The van der Waals surface area contributed by atoms with E-state index < -0.39 is 10.0 Å². The van der Waals surface area contributed by atoms with Crippen LogP contribution in [0.4, 0.5) is 0 Å². The molecule has 0 fully saturated rings. The van der Waals surface area contributed by atoms with E-state index in [9.17, 15) is 8.42 Å². The molecule has 0 N–H and O–H groups in total. The quantitative estimate of drug-likeness (QED) is 0.808. The number of halogens is 1. The molecule has 0 atom stereocenters. The monoisotopic (exact) mass is 369 g/mol. The first-order chi connectivity index (χ1) is 9.86. The average molecular weight is 370 g/mol. The lowest BCUT2D eigenvalue weighted by molar-refractivity contribution is 0.456.